The Morgan fingerprint density at radius 3 is 2.52 bits per heavy atom. The zero-order valence-electron chi connectivity index (χ0n) is 16.7. The van der Waals surface area contributed by atoms with Crippen molar-refractivity contribution in [2.24, 2.45) is 46.3 Å². The van der Waals surface area contributed by atoms with E-state index < -0.39 is 11.8 Å². The number of Topliss-reactive ketones (excluding diaryl/α,β-unsaturated/α-hetero) is 1. The van der Waals surface area contributed by atoms with Gasteiger partial charge in [0, 0.05) is 11.3 Å². The zero-order chi connectivity index (χ0) is 19.7. The molecule has 0 aromatic carbocycles. The first-order chi connectivity index (χ1) is 12.6. The topological polar surface area (TPSA) is 71.4 Å². The molecule has 0 aromatic heterocycles. The lowest BCUT2D eigenvalue weighted by Crippen LogP contribution is -2.52. The van der Waals surface area contributed by atoms with Crippen molar-refractivity contribution in [2.45, 2.75) is 53.4 Å². The number of hydrogen-bond acceptors (Lipinski definition) is 3. The summed E-state index contributed by atoms with van der Waals surface area (Å²) >= 11 is 0. The van der Waals surface area contributed by atoms with E-state index in [0.717, 1.165) is 25.7 Å². The fourth-order valence-electron chi connectivity index (χ4n) is 7.67. The SMILES string of the molecule is C[C@@H]1C[C@H]2[C@@H]3C[C@H](C)C4=CC(=O)C=C[C@]4(C)[C@H]3CC[C@]2(C)[C@H]1C(=O)C(=O)O. The maximum Gasteiger partial charge on any atom is 0.372 e. The molecule has 0 saturated heterocycles. The van der Waals surface area contributed by atoms with E-state index in [9.17, 15) is 19.5 Å². The number of hydrogen-bond donors (Lipinski definition) is 1. The molecule has 3 saturated carbocycles. The minimum absolute atomic E-state index is 0.0876. The number of carboxylic acids is 1. The predicted molar refractivity (Wildman–Crippen MR) is 102 cm³/mol. The molecule has 4 heteroatoms. The average molecular weight is 370 g/mol. The van der Waals surface area contributed by atoms with Crippen LogP contribution in [0.1, 0.15) is 53.4 Å². The maximum atomic E-state index is 12.5. The van der Waals surface area contributed by atoms with Gasteiger partial charge >= 0.3 is 5.97 Å². The second-order valence-corrected chi connectivity index (χ2v) is 10.0. The first-order valence-electron chi connectivity index (χ1n) is 10.3. The number of aliphatic carboxylic acids is 1. The van der Waals surface area contributed by atoms with Gasteiger partial charge < -0.3 is 5.11 Å². The predicted octanol–water partition coefficient (Wildman–Crippen LogP) is 4.06. The van der Waals surface area contributed by atoms with Crippen LogP contribution in [0.5, 0.6) is 0 Å². The molecule has 3 fully saturated rings. The molecule has 0 heterocycles. The molecule has 4 rings (SSSR count). The van der Waals surface area contributed by atoms with Crippen molar-refractivity contribution in [1.29, 1.82) is 0 Å². The highest BCUT2D eigenvalue weighted by molar-refractivity contribution is 6.33. The summed E-state index contributed by atoms with van der Waals surface area (Å²) in [6, 6.07) is 0. The highest BCUT2D eigenvalue weighted by atomic mass is 16.4. The number of carboxylic acid groups (broad SMARTS) is 1. The molecular weight excluding hydrogens is 340 g/mol. The third-order valence-electron chi connectivity index (χ3n) is 8.71. The molecule has 1 N–H and O–H groups in total. The monoisotopic (exact) mass is 370 g/mol. The molecule has 0 radical (unpaired) electrons. The summed E-state index contributed by atoms with van der Waals surface area (Å²) in [4.78, 5) is 35.9. The molecule has 4 aliphatic carbocycles. The van der Waals surface area contributed by atoms with Crippen molar-refractivity contribution in [3.63, 3.8) is 0 Å². The lowest BCUT2D eigenvalue weighted by Gasteiger charge is -2.58. The Morgan fingerprint density at radius 2 is 1.85 bits per heavy atom. The molecule has 0 spiro atoms. The van der Waals surface area contributed by atoms with Crippen LogP contribution in [0.15, 0.2) is 23.8 Å². The lowest BCUT2D eigenvalue weighted by molar-refractivity contribution is -0.155. The van der Waals surface area contributed by atoms with Gasteiger partial charge in [-0.05, 0) is 72.8 Å². The standard InChI is InChI=1S/C23H30O4/c1-12-9-15-16(22(3)7-5-14(24)11-17(12)22)6-8-23(4)18(15)10-13(2)19(23)20(25)21(26)27/h5,7,11-13,15-16,18-19H,6,8-10H2,1-4H3,(H,26,27)/t12-,13+,15+,16-,18-,19+,22+,23-/m0/s1. The van der Waals surface area contributed by atoms with E-state index in [1.54, 1.807) is 6.08 Å². The van der Waals surface area contributed by atoms with Crippen LogP contribution in [0.3, 0.4) is 0 Å². The Hall–Kier alpha value is -1.71. The summed E-state index contributed by atoms with van der Waals surface area (Å²) in [6.45, 7) is 8.72. The number of rotatable bonds is 2. The van der Waals surface area contributed by atoms with Crippen LogP contribution in [-0.2, 0) is 14.4 Å². The third-order valence-corrected chi connectivity index (χ3v) is 8.71. The summed E-state index contributed by atoms with van der Waals surface area (Å²) in [5.41, 5.74) is 0.959. The molecule has 0 bridgehead atoms. The molecule has 146 valence electrons. The Morgan fingerprint density at radius 1 is 1.15 bits per heavy atom. The van der Waals surface area contributed by atoms with E-state index in [4.69, 9.17) is 0 Å². The van der Waals surface area contributed by atoms with Gasteiger partial charge in [-0.25, -0.2) is 4.79 Å². The van der Waals surface area contributed by atoms with Crippen molar-refractivity contribution < 1.29 is 19.5 Å². The van der Waals surface area contributed by atoms with Gasteiger partial charge in [0.1, 0.15) is 0 Å². The largest absolute Gasteiger partial charge is 0.475 e. The average Bonchev–Trinajstić information content (AvgIpc) is 2.86. The number of fused-ring (bicyclic) bond motifs is 5. The Labute approximate surface area is 161 Å². The van der Waals surface area contributed by atoms with Crippen LogP contribution < -0.4 is 0 Å². The fraction of sp³-hybridized carbons (Fsp3) is 0.696. The molecule has 0 aliphatic heterocycles. The van der Waals surface area contributed by atoms with Crippen molar-refractivity contribution in [3.05, 3.63) is 23.8 Å². The molecule has 4 aliphatic rings. The van der Waals surface area contributed by atoms with Crippen molar-refractivity contribution in [1.82, 2.24) is 0 Å². The van der Waals surface area contributed by atoms with Crippen LogP contribution in [0.25, 0.3) is 0 Å². The second-order valence-electron chi connectivity index (χ2n) is 10.0. The van der Waals surface area contributed by atoms with Gasteiger partial charge in [-0.1, -0.05) is 39.3 Å². The van der Waals surface area contributed by atoms with Crippen LogP contribution in [0.2, 0.25) is 0 Å². The molecule has 0 unspecified atom stereocenters. The second kappa shape index (κ2) is 5.89. The van der Waals surface area contributed by atoms with Crippen molar-refractivity contribution in [2.75, 3.05) is 0 Å². The minimum Gasteiger partial charge on any atom is -0.475 e. The van der Waals surface area contributed by atoms with E-state index in [-0.39, 0.29) is 28.4 Å². The Kier molecular flexibility index (Phi) is 4.07. The minimum atomic E-state index is -1.28. The van der Waals surface area contributed by atoms with Crippen LogP contribution >= 0.6 is 0 Å². The summed E-state index contributed by atoms with van der Waals surface area (Å²) < 4.78 is 0. The van der Waals surface area contributed by atoms with Crippen LogP contribution in [0, 0.1) is 46.3 Å². The van der Waals surface area contributed by atoms with E-state index in [1.165, 1.54) is 5.57 Å². The molecule has 0 amide bonds. The third kappa shape index (κ3) is 2.44. The highest BCUT2D eigenvalue weighted by Crippen LogP contribution is 2.67. The summed E-state index contributed by atoms with van der Waals surface area (Å²) in [6.07, 6.45) is 9.56. The number of carbonyl (C=O) groups is 3. The van der Waals surface area contributed by atoms with Crippen LogP contribution in [-0.4, -0.2) is 22.6 Å². The number of ketones is 2. The molecule has 8 atom stereocenters. The summed E-state index contributed by atoms with van der Waals surface area (Å²) in [7, 11) is 0. The van der Waals surface area contributed by atoms with Gasteiger partial charge in [-0.2, -0.15) is 0 Å². The van der Waals surface area contributed by atoms with Gasteiger partial charge in [-0.3, -0.25) is 9.59 Å². The fourth-order valence-corrected chi connectivity index (χ4v) is 7.67. The highest BCUT2D eigenvalue weighted by Gasteiger charge is 2.63. The molecular formula is C23H30O4. The number of carbonyl (C=O) groups excluding carboxylic acids is 2. The number of allylic oxidation sites excluding steroid dienone is 4. The van der Waals surface area contributed by atoms with Gasteiger partial charge in [0.25, 0.3) is 0 Å². The zero-order valence-corrected chi connectivity index (χ0v) is 16.7. The molecule has 27 heavy (non-hydrogen) atoms. The van der Waals surface area contributed by atoms with Gasteiger partial charge in [0.2, 0.25) is 5.78 Å². The first kappa shape index (κ1) is 18.6. The first-order valence-corrected chi connectivity index (χ1v) is 10.3. The van der Waals surface area contributed by atoms with E-state index >= 15 is 0 Å². The normalized spacial score (nSPS) is 48.3. The summed E-state index contributed by atoms with van der Waals surface area (Å²) in [5, 5.41) is 9.36. The van der Waals surface area contributed by atoms with Gasteiger partial charge in [0.05, 0.1) is 0 Å². The van der Waals surface area contributed by atoms with E-state index in [0.29, 0.717) is 23.7 Å². The molecule has 4 nitrogen and oxygen atoms in total. The van der Waals surface area contributed by atoms with E-state index in [2.05, 4.69) is 33.8 Å². The quantitative estimate of drug-likeness (QED) is 0.744. The van der Waals surface area contributed by atoms with E-state index in [1.807, 2.05) is 6.08 Å². The van der Waals surface area contributed by atoms with Gasteiger partial charge in [0.15, 0.2) is 5.78 Å². The van der Waals surface area contributed by atoms with Crippen molar-refractivity contribution >= 4 is 17.5 Å². The maximum absolute atomic E-state index is 12.5. The molecule has 0 aromatic rings. The van der Waals surface area contributed by atoms with Gasteiger partial charge in [-0.15, -0.1) is 0 Å². The Balaban J connectivity index is 1.72. The summed E-state index contributed by atoms with van der Waals surface area (Å²) in [5.74, 6) is -0.363. The van der Waals surface area contributed by atoms with Crippen LogP contribution in [0.4, 0.5) is 0 Å². The lowest BCUT2D eigenvalue weighted by atomic mass is 9.46. The van der Waals surface area contributed by atoms with Crippen molar-refractivity contribution in [3.8, 4) is 0 Å². The smallest absolute Gasteiger partial charge is 0.372 e. The Bertz CT molecular complexity index is 777.